The van der Waals surface area contributed by atoms with Gasteiger partial charge >= 0.3 is 5.97 Å². The number of ether oxygens (including phenoxy) is 1. The molecule has 1 amide bonds. The van der Waals surface area contributed by atoms with Gasteiger partial charge in [-0.25, -0.2) is 4.79 Å². The molecule has 2 heterocycles. The molecule has 2 rings (SSSR count). The van der Waals surface area contributed by atoms with Crippen LogP contribution in [0.1, 0.15) is 53.4 Å². The van der Waals surface area contributed by atoms with Crippen molar-refractivity contribution in [3.05, 3.63) is 23.2 Å². The molecule has 1 N–H and O–H groups in total. The second-order valence-electron chi connectivity index (χ2n) is 5.14. The third-order valence-corrected chi connectivity index (χ3v) is 3.61. The Morgan fingerprint density at radius 2 is 2.19 bits per heavy atom. The lowest BCUT2D eigenvalue weighted by molar-refractivity contribution is -0.0259. The Kier molecular flexibility index (Phi) is 5.01. The van der Waals surface area contributed by atoms with E-state index in [1.54, 1.807) is 11.8 Å². The summed E-state index contributed by atoms with van der Waals surface area (Å²) in [5.74, 6) is -0.896. The third-order valence-electron chi connectivity index (χ3n) is 3.61. The molecule has 1 aromatic heterocycles. The van der Waals surface area contributed by atoms with Gasteiger partial charge in [0.25, 0.3) is 5.91 Å². The fourth-order valence-corrected chi connectivity index (χ4v) is 2.53. The van der Waals surface area contributed by atoms with Gasteiger partial charge in [-0.3, -0.25) is 4.79 Å². The summed E-state index contributed by atoms with van der Waals surface area (Å²) >= 11 is 0. The molecule has 0 bridgehead atoms. The molecule has 0 spiro atoms. The smallest absolute Gasteiger partial charge is 0.339 e. The van der Waals surface area contributed by atoms with Gasteiger partial charge in [-0.1, -0.05) is 20.3 Å². The standard InChI is InChI=1S/C15H21NO5/c1-3-5-10-9-16(6-7-20-10)14(17)13-8-11(15(18)19)12(4-2)21-13/h8,10H,3-7,9H2,1-2H3,(H,18,19). The highest BCUT2D eigenvalue weighted by Crippen LogP contribution is 2.20. The Bertz CT molecular complexity index is 520. The van der Waals surface area contributed by atoms with E-state index in [0.29, 0.717) is 31.9 Å². The number of nitrogens with zero attached hydrogens (tertiary/aromatic N) is 1. The Balaban J connectivity index is 2.14. The molecular formula is C15H21NO5. The fourth-order valence-electron chi connectivity index (χ4n) is 2.53. The molecule has 0 saturated carbocycles. The Morgan fingerprint density at radius 3 is 2.76 bits per heavy atom. The molecule has 6 heteroatoms. The van der Waals surface area contributed by atoms with Crippen molar-refractivity contribution >= 4 is 11.9 Å². The summed E-state index contributed by atoms with van der Waals surface area (Å²) in [5, 5.41) is 9.11. The van der Waals surface area contributed by atoms with Gasteiger partial charge in [-0.05, 0) is 6.42 Å². The van der Waals surface area contributed by atoms with E-state index in [2.05, 4.69) is 6.92 Å². The van der Waals surface area contributed by atoms with Crippen LogP contribution >= 0.6 is 0 Å². The quantitative estimate of drug-likeness (QED) is 0.900. The van der Waals surface area contributed by atoms with Gasteiger partial charge < -0.3 is 19.2 Å². The van der Waals surface area contributed by atoms with Crippen LogP contribution in [0.5, 0.6) is 0 Å². The molecule has 0 aliphatic carbocycles. The van der Waals surface area contributed by atoms with E-state index in [-0.39, 0.29) is 23.3 Å². The highest BCUT2D eigenvalue weighted by molar-refractivity contribution is 5.96. The summed E-state index contributed by atoms with van der Waals surface area (Å²) in [6.07, 6.45) is 2.39. The normalized spacial score (nSPS) is 18.8. The van der Waals surface area contributed by atoms with Crippen LogP contribution in [-0.2, 0) is 11.2 Å². The lowest BCUT2D eigenvalue weighted by atomic mass is 10.1. The average Bonchev–Trinajstić information content (AvgIpc) is 2.91. The van der Waals surface area contributed by atoms with Crippen LogP contribution in [0.2, 0.25) is 0 Å². The first-order chi connectivity index (χ1) is 10.1. The number of carbonyl (C=O) groups excluding carboxylic acids is 1. The minimum atomic E-state index is -1.07. The van der Waals surface area contributed by atoms with Crippen LogP contribution in [0, 0.1) is 0 Å². The number of aromatic carboxylic acids is 1. The maximum absolute atomic E-state index is 12.4. The maximum atomic E-state index is 12.4. The summed E-state index contributed by atoms with van der Waals surface area (Å²) in [6.45, 7) is 5.40. The van der Waals surface area contributed by atoms with Crippen LogP contribution in [0.3, 0.4) is 0 Å². The van der Waals surface area contributed by atoms with Gasteiger partial charge in [0.2, 0.25) is 0 Å². The molecule has 1 aliphatic rings. The number of carbonyl (C=O) groups is 2. The summed E-state index contributed by atoms with van der Waals surface area (Å²) in [7, 11) is 0. The van der Waals surface area contributed by atoms with Crippen LogP contribution < -0.4 is 0 Å². The summed E-state index contributed by atoms with van der Waals surface area (Å²) in [5.41, 5.74) is 0.0687. The van der Waals surface area contributed by atoms with Crippen LogP contribution in [-0.4, -0.2) is 47.7 Å². The molecule has 1 fully saturated rings. The van der Waals surface area contributed by atoms with Crippen molar-refractivity contribution in [3.8, 4) is 0 Å². The van der Waals surface area contributed by atoms with E-state index in [0.717, 1.165) is 12.8 Å². The number of hydrogen-bond donors (Lipinski definition) is 1. The lowest BCUT2D eigenvalue weighted by Crippen LogP contribution is -2.45. The fraction of sp³-hybridized carbons (Fsp3) is 0.600. The molecule has 116 valence electrons. The van der Waals surface area contributed by atoms with Crippen molar-refractivity contribution in [2.75, 3.05) is 19.7 Å². The third kappa shape index (κ3) is 3.44. The zero-order valence-corrected chi connectivity index (χ0v) is 12.4. The molecule has 1 aliphatic heterocycles. The Morgan fingerprint density at radius 1 is 1.43 bits per heavy atom. The van der Waals surface area contributed by atoms with E-state index in [4.69, 9.17) is 14.3 Å². The van der Waals surface area contributed by atoms with E-state index < -0.39 is 5.97 Å². The Hall–Kier alpha value is -1.82. The molecule has 1 saturated heterocycles. The minimum absolute atomic E-state index is 0.0484. The molecule has 0 radical (unpaired) electrons. The van der Waals surface area contributed by atoms with E-state index in [9.17, 15) is 9.59 Å². The molecule has 6 nitrogen and oxygen atoms in total. The molecule has 1 atom stereocenters. The number of carboxylic acids is 1. The van der Waals surface area contributed by atoms with Gasteiger partial charge in [0.05, 0.1) is 12.7 Å². The van der Waals surface area contributed by atoms with Gasteiger partial charge in [0.1, 0.15) is 11.3 Å². The van der Waals surface area contributed by atoms with Crippen molar-refractivity contribution in [1.29, 1.82) is 0 Å². The number of aryl methyl sites for hydroxylation is 1. The van der Waals surface area contributed by atoms with Crippen molar-refractivity contribution in [2.24, 2.45) is 0 Å². The summed E-state index contributed by atoms with van der Waals surface area (Å²) in [6, 6.07) is 1.33. The predicted molar refractivity (Wildman–Crippen MR) is 75.6 cm³/mol. The largest absolute Gasteiger partial charge is 0.478 e. The minimum Gasteiger partial charge on any atom is -0.478 e. The number of amides is 1. The van der Waals surface area contributed by atoms with E-state index in [1.165, 1.54) is 6.07 Å². The van der Waals surface area contributed by atoms with Crippen molar-refractivity contribution in [2.45, 2.75) is 39.2 Å². The second-order valence-corrected chi connectivity index (χ2v) is 5.14. The van der Waals surface area contributed by atoms with E-state index >= 15 is 0 Å². The van der Waals surface area contributed by atoms with Gasteiger partial charge in [-0.2, -0.15) is 0 Å². The monoisotopic (exact) mass is 295 g/mol. The zero-order chi connectivity index (χ0) is 15.4. The average molecular weight is 295 g/mol. The molecule has 1 unspecified atom stereocenters. The summed E-state index contributed by atoms with van der Waals surface area (Å²) < 4.78 is 11.0. The van der Waals surface area contributed by atoms with Gasteiger partial charge in [-0.15, -0.1) is 0 Å². The number of hydrogen-bond acceptors (Lipinski definition) is 4. The highest BCUT2D eigenvalue weighted by Gasteiger charge is 2.28. The first-order valence-corrected chi connectivity index (χ1v) is 7.33. The number of morpholine rings is 1. The highest BCUT2D eigenvalue weighted by atomic mass is 16.5. The second kappa shape index (κ2) is 6.76. The van der Waals surface area contributed by atoms with E-state index in [1.807, 2.05) is 0 Å². The molecule has 1 aromatic rings. The first kappa shape index (κ1) is 15.6. The predicted octanol–water partition coefficient (Wildman–Crippen LogP) is 2.18. The summed E-state index contributed by atoms with van der Waals surface area (Å²) in [4.78, 5) is 25.2. The van der Waals surface area contributed by atoms with Crippen LogP contribution in [0.25, 0.3) is 0 Å². The van der Waals surface area contributed by atoms with Crippen molar-refractivity contribution in [3.63, 3.8) is 0 Å². The molecule has 21 heavy (non-hydrogen) atoms. The number of carboxylic acid groups (broad SMARTS) is 1. The van der Waals surface area contributed by atoms with Crippen molar-refractivity contribution in [1.82, 2.24) is 4.90 Å². The topological polar surface area (TPSA) is 80.0 Å². The molecular weight excluding hydrogens is 274 g/mol. The van der Waals surface area contributed by atoms with Crippen LogP contribution in [0.4, 0.5) is 0 Å². The number of furan rings is 1. The molecule has 0 aromatic carbocycles. The van der Waals surface area contributed by atoms with Crippen LogP contribution in [0.15, 0.2) is 10.5 Å². The lowest BCUT2D eigenvalue weighted by Gasteiger charge is -2.32. The van der Waals surface area contributed by atoms with Gasteiger partial charge in [0.15, 0.2) is 5.76 Å². The van der Waals surface area contributed by atoms with Crippen molar-refractivity contribution < 1.29 is 23.8 Å². The van der Waals surface area contributed by atoms with Gasteiger partial charge in [0, 0.05) is 25.6 Å². The maximum Gasteiger partial charge on any atom is 0.339 e. The first-order valence-electron chi connectivity index (χ1n) is 7.33. The zero-order valence-electron chi connectivity index (χ0n) is 12.4. The Labute approximate surface area is 123 Å². The number of rotatable bonds is 5. The SMILES string of the molecule is CCCC1CN(C(=O)c2cc(C(=O)O)c(CC)o2)CCO1.